The molecule has 0 bridgehead atoms. The molecule has 2 rings (SSSR count). The van der Waals surface area contributed by atoms with Crippen molar-refractivity contribution in [2.24, 2.45) is 0 Å². The molecule has 2 aromatic rings. The lowest BCUT2D eigenvalue weighted by Crippen LogP contribution is -2.31. The van der Waals surface area contributed by atoms with E-state index in [4.69, 9.17) is 14.2 Å². The molecule has 0 atom stereocenters. The number of hydrogen-bond acceptors (Lipinski definition) is 7. The summed E-state index contributed by atoms with van der Waals surface area (Å²) in [5.41, 5.74) is -2.78. The van der Waals surface area contributed by atoms with Crippen molar-refractivity contribution in [1.29, 1.82) is 0 Å². The Labute approximate surface area is 183 Å². The average Bonchev–Trinajstić information content (AvgIpc) is 2.55. The second-order valence-electron chi connectivity index (χ2n) is 10.2. The maximum absolute atomic E-state index is 13.2. The first-order chi connectivity index (χ1) is 14.0. The molecule has 7 nitrogen and oxygen atoms in total. The highest BCUT2D eigenvalue weighted by Crippen LogP contribution is 2.29. The van der Waals surface area contributed by atoms with Crippen LogP contribution in [0.4, 0.5) is 0 Å². The van der Waals surface area contributed by atoms with Gasteiger partial charge >= 0.3 is 17.9 Å². The molecule has 1 aromatic carbocycles. The third kappa shape index (κ3) is 6.51. The van der Waals surface area contributed by atoms with E-state index in [2.05, 4.69) is 4.98 Å². The van der Waals surface area contributed by atoms with Gasteiger partial charge in [0.15, 0.2) is 5.69 Å². The molecule has 1 aromatic heterocycles. The molecular formula is C24H31NO6. The fraction of sp³-hybridized carbons (Fsp3) is 0.500. The number of benzene rings is 1. The third-order valence-corrected chi connectivity index (χ3v) is 3.69. The van der Waals surface area contributed by atoms with Crippen LogP contribution in [0.2, 0.25) is 0 Å². The predicted molar refractivity (Wildman–Crippen MR) is 117 cm³/mol. The molecule has 0 aliphatic heterocycles. The first-order valence-electron chi connectivity index (χ1n) is 10.1. The van der Waals surface area contributed by atoms with Gasteiger partial charge in [-0.05, 0) is 68.4 Å². The molecule has 0 amide bonds. The normalized spacial score (nSPS) is 12.4. The largest absolute Gasteiger partial charge is 0.456 e. The SMILES string of the molecule is CC(C)(C)OC(=O)c1nc2ccccc2c(C(=O)OC(C)(C)C)c1C(=O)OC(C)(C)C. The van der Waals surface area contributed by atoms with Crippen LogP contribution in [-0.2, 0) is 14.2 Å². The topological polar surface area (TPSA) is 91.8 Å². The van der Waals surface area contributed by atoms with Crippen molar-refractivity contribution in [3.05, 3.63) is 41.1 Å². The van der Waals surface area contributed by atoms with Crippen LogP contribution in [0.3, 0.4) is 0 Å². The summed E-state index contributed by atoms with van der Waals surface area (Å²) >= 11 is 0. The molecule has 0 saturated carbocycles. The van der Waals surface area contributed by atoms with Gasteiger partial charge in [0.05, 0.1) is 11.1 Å². The Kier molecular flexibility index (Phi) is 6.50. The minimum Gasteiger partial charge on any atom is -0.456 e. The third-order valence-electron chi connectivity index (χ3n) is 3.69. The van der Waals surface area contributed by atoms with Crippen molar-refractivity contribution >= 4 is 28.8 Å². The molecule has 7 heteroatoms. The zero-order valence-corrected chi connectivity index (χ0v) is 19.7. The Hall–Kier alpha value is -2.96. The van der Waals surface area contributed by atoms with Crippen molar-refractivity contribution < 1.29 is 28.6 Å². The summed E-state index contributed by atoms with van der Waals surface area (Å²) < 4.78 is 16.5. The molecule has 168 valence electrons. The van der Waals surface area contributed by atoms with Crippen LogP contribution in [0, 0.1) is 0 Å². The van der Waals surface area contributed by atoms with Gasteiger partial charge < -0.3 is 14.2 Å². The molecule has 0 N–H and O–H groups in total. The number of fused-ring (bicyclic) bond motifs is 1. The Balaban J connectivity index is 2.87. The van der Waals surface area contributed by atoms with Gasteiger partial charge in [-0.25, -0.2) is 19.4 Å². The lowest BCUT2D eigenvalue weighted by Gasteiger charge is -2.25. The Morgan fingerprint density at radius 1 is 0.645 bits per heavy atom. The molecule has 0 spiro atoms. The van der Waals surface area contributed by atoms with Crippen molar-refractivity contribution in [3.8, 4) is 0 Å². The van der Waals surface area contributed by atoms with Gasteiger partial charge in [-0.15, -0.1) is 0 Å². The highest BCUT2D eigenvalue weighted by molar-refractivity contribution is 6.16. The summed E-state index contributed by atoms with van der Waals surface area (Å²) in [6.07, 6.45) is 0. The first-order valence-corrected chi connectivity index (χ1v) is 10.1. The first kappa shape index (κ1) is 24.3. The summed E-state index contributed by atoms with van der Waals surface area (Å²) in [6, 6.07) is 6.73. The summed E-state index contributed by atoms with van der Waals surface area (Å²) in [7, 11) is 0. The number of carbonyl (C=O) groups excluding carboxylic acids is 3. The number of carbonyl (C=O) groups is 3. The van der Waals surface area contributed by atoms with Gasteiger partial charge in [-0.2, -0.15) is 0 Å². The standard InChI is InChI=1S/C24H31NO6/c1-22(2,3)29-19(26)16-14-12-10-11-13-15(14)25-18(21(28)31-24(7,8)9)17(16)20(27)30-23(4,5)6/h10-13H,1-9H3. The number of hydrogen-bond donors (Lipinski definition) is 0. The lowest BCUT2D eigenvalue weighted by atomic mass is 9.99. The fourth-order valence-corrected chi connectivity index (χ4v) is 2.76. The smallest absolute Gasteiger partial charge is 0.358 e. The van der Waals surface area contributed by atoms with Crippen LogP contribution in [0.5, 0.6) is 0 Å². The molecule has 0 aliphatic rings. The summed E-state index contributed by atoms with van der Waals surface area (Å²) in [5.74, 6) is -2.44. The molecule has 1 heterocycles. The highest BCUT2D eigenvalue weighted by atomic mass is 16.6. The molecule has 0 fully saturated rings. The van der Waals surface area contributed by atoms with Crippen LogP contribution in [0.1, 0.15) is 93.5 Å². The van der Waals surface area contributed by atoms with Gasteiger partial charge in [-0.1, -0.05) is 18.2 Å². The van der Waals surface area contributed by atoms with E-state index < -0.39 is 34.7 Å². The number of para-hydroxylation sites is 1. The van der Waals surface area contributed by atoms with E-state index in [1.165, 1.54) is 0 Å². The van der Waals surface area contributed by atoms with E-state index in [0.717, 1.165) is 0 Å². The Bertz CT molecular complexity index is 1020. The van der Waals surface area contributed by atoms with E-state index in [-0.39, 0.29) is 16.8 Å². The Morgan fingerprint density at radius 2 is 1.06 bits per heavy atom. The van der Waals surface area contributed by atoms with Crippen LogP contribution in [-0.4, -0.2) is 39.7 Å². The van der Waals surface area contributed by atoms with Gasteiger partial charge in [0.2, 0.25) is 0 Å². The minimum atomic E-state index is -0.862. The number of esters is 3. The van der Waals surface area contributed by atoms with Gasteiger partial charge in [-0.3, -0.25) is 0 Å². The Morgan fingerprint density at radius 3 is 1.55 bits per heavy atom. The lowest BCUT2D eigenvalue weighted by molar-refractivity contribution is -0.000366. The second-order valence-corrected chi connectivity index (χ2v) is 10.2. The minimum absolute atomic E-state index is 0.0735. The zero-order valence-electron chi connectivity index (χ0n) is 19.7. The van der Waals surface area contributed by atoms with Crippen LogP contribution >= 0.6 is 0 Å². The molecule has 0 unspecified atom stereocenters. The van der Waals surface area contributed by atoms with Crippen molar-refractivity contribution in [2.45, 2.75) is 79.1 Å². The monoisotopic (exact) mass is 429 g/mol. The second kappa shape index (κ2) is 8.29. The molecule has 0 aliphatic carbocycles. The van der Waals surface area contributed by atoms with Crippen molar-refractivity contribution in [2.75, 3.05) is 0 Å². The number of rotatable bonds is 3. The molecule has 0 saturated heterocycles. The van der Waals surface area contributed by atoms with Crippen LogP contribution in [0.25, 0.3) is 10.9 Å². The van der Waals surface area contributed by atoms with E-state index in [9.17, 15) is 14.4 Å². The summed E-state index contributed by atoms with van der Waals surface area (Å²) in [4.78, 5) is 43.8. The van der Waals surface area contributed by atoms with E-state index in [0.29, 0.717) is 10.9 Å². The van der Waals surface area contributed by atoms with E-state index >= 15 is 0 Å². The quantitative estimate of drug-likeness (QED) is 0.495. The average molecular weight is 430 g/mol. The molecule has 31 heavy (non-hydrogen) atoms. The maximum atomic E-state index is 13.2. The van der Waals surface area contributed by atoms with Crippen LogP contribution in [0.15, 0.2) is 24.3 Å². The van der Waals surface area contributed by atoms with Gasteiger partial charge in [0.25, 0.3) is 0 Å². The van der Waals surface area contributed by atoms with Gasteiger partial charge in [0.1, 0.15) is 22.4 Å². The summed E-state index contributed by atoms with van der Waals surface area (Å²) in [5, 5.41) is 0.380. The maximum Gasteiger partial charge on any atom is 0.358 e. The number of pyridine rings is 1. The number of ether oxygens (including phenoxy) is 3. The van der Waals surface area contributed by atoms with E-state index in [1.54, 1.807) is 86.6 Å². The zero-order chi connectivity index (χ0) is 23.8. The van der Waals surface area contributed by atoms with Crippen LogP contribution < -0.4 is 0 Å². The number of aromatic nitrogens is 1. The van der Waals surface area contributed by atoms with E-state index in [1.807, 2.05) is 0 Å². The molecular weight excluding hydrogens is 398 g/mol. The molecule has 0 radical (unpaired) electrons. The van der Waals surface area contributed by atoms with Crippen molar-refractivity contribution in [3.63, 3.8) is 0 Å². The predicted octanol–water partition coefficient (Wildman–Crippen LogP) is 5.10. The fourth-order valence-electron chi connectivity index (χ4n) is 2.76. The van der Waals surface area contributed by atoms with Gasteiger partial charge in [0, 0.05) is 5.39 Å². The van der Waals surface area contributed by atoms with Crippen molar-refractivity contribution in [1.82, 2.24) is 4.98 Å². The number of nitrogens with zero attached hydrogens (tertiary/aromatic N) is 1. The highest BCUT2D eigenvalue weighted by Gasteiger charge is 2.35. The summed E-state index contributed by atoms with van der Waals surface area (Å²) in [6.45, 7) is 15.3.